The van der Waals surface area contributed by atoms with E-state index in [4.69, 9.17) is 10.8 Å². The van der Waals surface area contributed by atoms with Crippen LogP contribution in [0, 0.1) is 6.92 Å². The molecular weight excluding hydrogens is 302 g/mol. The molecule has 24 heavy (non-hydrogen) atoms. The van der Waals surface area contributed by atoms with Gasteiger partial charge in [0.1, 0.15) is 6.04 Å². The number of nitrogens with zero attached hydrogens (tertiary/aromatic N) is 1. The third kappa shape index (κ3) is 3.46. The van der Waals surface area contributed by atoms with Crippen LogP contribution < -0.4 is 5.73 Å². The Morgan fingerprint density at radius 1 is 1.25 bits per heavy atom. The number of pyridine rings is 1. The van der Waals surface area contributed by atoms with Gasteiger partial charge < -0.3 is 15.8 Å². The minimum absolute atomic E-state index is 0.307. The van der Waals surface area contributed by atoms with E-state index in [1.807, 2.05) is 51.1 Å². The number of aromatic nitrogens is 2. The summed E-state index contributed by atoms with van der Waals surface area (Å²) in [7, 11) is 0. The zero-order chi connectivity index (χ0) is 17.7. The topological polar surface area (TPSA) is 92.0 Å². The van der Waals surface area contributed by atoms with E-state index in [1.165, 1.54) is 0 Å². The van der Waals surface area contributed by atoms with Gasteiger partial charge in [-0.05, 0) is 30.2 Å². The molecule has 2 heterocycles. The van der Waals surface area contributed by atoms with Crippen molar-refractivity contribution in [2.75, 3.05) is 0 Å². The van der Waals surface area contributed by atoms with E-state index in [0.29, 0.717) is 6.42 Å². The molecule has 0 saturated heterocycles. The average molecular weight is 325 g/mol. The highest BCUT2D eigenvalue weighted by Crippen LogP contribution is 2.31. The zero-order valence-corrected chi connectivity index (χ0v) is 14.2. The maximum absolute atomic E-state index is 11.0. The first-order chi connectivity index (χ1) is 11.6. The maximum Gasteiger partial charge on any atom is 0.320 e. The van der Waals surface area contributed by atoms with E-state index < -0.39 is 12.0 Å². The summed E-state index contributed by atoms with van der Waals surface area (Å²) in [4.78, 5) is 18.4. The monoisotopic (exact) mass is 325 g/mol. The van der Waals surface area contributed by atoms with Gasteiger partial charge in [-0.1, -0.05) is 32.0 Å². The Bertz CT molecular complexity index is 825. The number of nitrogens with one attached hydrogen (secondary N) is 1. The summed E-state index contributed by atoms with van der Waals surface area (Å²) < 4.78 is 0. The standard InChI is InChI=1S/C17H17N3O2.C2H6/c1-10-14(9-15(18)17(21)22)13-4-2-3-12(16(13)20-10)11-5-7-19-8-6-11;1-2/h2-8,15,20H,9,18H2,1H3,(H,21,22);1-2H3. The molecule has 1 aromatic carbocycles. The molecular formula is C19H23N3O2. The number of rotatable bonds is 4. The van der Waals surface area contributed by atoms with Crippen LogP contribution in [0.5, 0.6) is 0 Å². The summed E-state index contributed by atoms with van der Waals surface area (Å²) >= 11 is 0. The number of hydrogen-bond acceptors (Lipinski definition) is 3. The highest BCUT2D eigenvalue weighted by Gasteiger charge is 2.18. The lowest BCUT2D eigenvalue weighted by Crippen LogP contribution is -2.32. The van der Waals surface area contributed by atoms with E-state index in [1.54, 1.807) is 12.4 Å². The normalized spacial score (nSPS) is 11.7. The van der Waals surface area contributed by atoms with Crippen molar-refractivity contribution < 1.29 is 9.90 Å². The third-order valence-electron chi connectivity index (χ3n) is 3.89. The van der Waals surface area contributed by atoms with Gasteiger partial charge in [0.25, 0.3) is 0 Å². The van der Waals surface area contributed by atoms with Crippen molar-refractivity contribution in [1.82, 2.24) is 9.97 Å². The predicted octanol–water partition coefficient (Wildman–Crippen LogP) is 3.52. The fourth-order valence-corrected chi connectivity index (χ4v) is 2.75. The van der Waals surface area contributed by atoms with Gasteiger partial charge in [0, 0.05) is 35.5 Å². The molecule has 0 radical (unpaired) electrons. The van der Waals surface area contributed by atoms with E-state index in [2.05, 4.69) is 9.97 Å². The number of carboxylic acids is 1. The van der Waals surface area contributed by atoms with Crippen LogP contribution in [-0.4, -0.2) is 27.1 Å². The molecule has 0 saturated carbocycles. The average Bonchev–Trinajstić information content (AvgIpc) is 2.93. The van der Waals surface area contributed by atoms with E-state index in [-0.39, 0.29) is 0 Å². The second kappa shape index (κ2) is 7.75. The summed E-state index contributed by atoms with van der Waals surface area (Å²) in [6, 6.07) is 9.01. The van der Waals surface area contributed by atoms with Gasteiger partial charge in [-0.25, -0.2) is 0 Å². The maximum atomic E-state index is 11.0. The van der Waals surface area contributed by atoms with E-state index >= 15 is 0 Å². The molecule has 1 unspecified atom stereocenters. The number of benzene rings is 1. The van der Waals surface area contributed by atoms with Crippen LogP contribution in [0.15, 0.2) is 42.7 Å². The minimum Gasteiger partial charge on any atom is -0.480 e. The Hall–Kier alpha value is -2.66. The summed E-state index contributed by atoms with van der Waals surface area (Å²) in [6.07, 6.45) is 3.82. The Morgan fingerprint density at radius 2 is 1.92 bits per heavy atom. The van der Waals surface area contributed by atoms with Crippen molar-refractivity contribution in [2.45, 2.75) is 33.2 Å². The van der Waals surface area contributed by atoms with Crippen LogP contribution in [0.4, 0.5) is 0 Å². The summed E-state index contributed by atoms with van der Waals surface area (Å²) in [6.45, 7) is 5.94. The van der Waals surface area contributed by atoms with Crippen molar-refractivity contribution in [1.29, 1.82) is 0 Å². The number of aliphatic carboxylic acids is 1. The molecule has 0 aliphatic carbocycles. The summed E-state index contributed by atoms with van der Waals surface area (Å²) in [5, 5.41) is 10.1. The molecule has 3 aromatic rings. The van der Waals surface area contributed by atoms with Crippen LogP contribution in [0.1, 0.15) is 25.1 Å². The van der Waals surface area contributed by atoms with Gasteiger partial charge in [0.05, 0.1) is 5.52 Å². The Balaban J connectivity index is 0.00000100. The highest BCUT2D eigenvalue weighted by molar-refractivity contribution is 5.97. The molecule has 5 nitrogen and oxygen atoms in total. The van der Waals surface area contributed by atoms with Crippen LogP contribution in [-0.2, 0) is 11.2 Å². The predicted molar refractivity (Wildman–Crippen MR) is 96.9 cm³/mol. The first-order valence-electron chi connectivity index (χ1n) is 8.07. The number of nitrogens with two attached hydrogens (primary N) is 1. The quantitative estimate of drug-likeness (QED) is 0.684. The lowest BCUT2D eigenvalue weighted by atomic mass is 9.99. The molecule has 126 valence electrons. The molecule has 0 spiro atoms. The molecule has 0 bridgehead atoms. The molecule has 1 atom stereocenters. The fraction of sp³-hybridized carbons (Fsp3) is 0.263. The third-order valence-corrected chi connectivity index (χ3v) is 3.89. The second-order valence-electron chi connectivity index (χ2n) is 5.34. The molecule has 0 fully saturated rings. The van der Waals surface area contributed by atoms with Crippen molar-refractivity contribution >= 4 is 16.9 Å². The molecule has 3 rings (SSSR count). The van der Waals surface area contributed by atoms with Gasteiger partial charge in [-0.2, -0.15) is 0 Å². The van der Waals surface area contributed by atoms with Crippen LogP contribution in [0.2, 0.25) is 0 Å². The number of hydrogen-bond donors (Lipinski definition) is 3. The number of fused-ring (bicyclic) bond motifs is 1. The number of aromatic amines is 1. The van der Waals surface area contributed by atoms with Crippen LogP contribution in [0.25, 0.3) is 22.0 Å². The van der Waals surface area contributed by atoms with Crippen LogP contribution >= 0.6 is 0 Å². The first kappa shape index (κ1) is 17.7. The van der Waals surface area contributed by atoms with Crippen molar-refractivity contribution in [2.24, 2.45) is 5.73 Å². The molecule has 0 aliphatic rings. The molecule has 2 aromatic heterocycles. The van der Waals surface area contributed by atoms with Crippen molar-refractivity contribution in [3.8, 4) is 11.1 Å². The highest BCUT2D eigenvalue weighted by atomic mass is 16.4. The number of para-hydroxylation sites is 1. The lowest BCUT2D eigenvalue weighted by Gasteiger charge is -2.07. The lowest BCUT2D eigenvalue weighted by molar-refractivity contribution is -0.138. The molecule has 0 aliphatic heterocycles. The molecule has 5 heteroatoms. The summed E-state index contributed by atoms with van der Waals surface area (Å²) in [5.41, 5.74) is 10.7. The van der Waals surface area contributed by atoms with E-state index in [0.717, 1.165) is 33.3 Å². The largest absolute Gasteiger partial charge is 0.480 e. The zero-order valence-electron chi connectivity index (χ0n) is 14.2. The molecule has 0 amide bonds. The SMILES string of the molecule is CC.Cc1[nH]c2c(-c3ccncc3)cccc2c1CC(N)C(=O)O. The Morgan fingerprint density at radius 3 is 2.54 bits per heavy atom. The molecule has 4 N–H and O–H groups in total. The van der Waals surface area contributed by atoms with Crippen LogP contribution in [0.3, 0.4) is 0 Å². The number of H-pyrrole nitrogens is 1. The van der Waals surface area contributed by atoms with Gasteiger partial charge in [0.2, 0.25) is 0 Å². The summed E-state index contributed by atoms with van der Waals surface area (Å²) in [5.74, 6) is -0.987. The Labute approximate surface area is 141 Å². The fourth-order valence-electron chi connectivity index (χ4n) is 2.75. The first-order valence-corrected chi connectivity index (χ1v) is 8.07. The van der Waals surface area contributed by atoms with Gasteiger partial charge in [-0.3, -0.25) is 9.78 Å². The van der Waals surface area contributed by atoms with Gasteiger partial charge in [-0.15, -0.1) is 0 Å². The number of carbonyl (C=O) groups is 1. The van der Waals surface area contributed by atoms with Crippen molar-refractivity contribution in [3.05, 3.63) is 54.0 Å². The minimum atomic E-state index is -0.987. The second-order valence-corrected chi connectivity index (χ2v) is 5.34. The smallest absolute Gasteiger partial charge is 0.320 e. The Kier molecular flexibility index (Phi) is 5.71. The number of aryl methyl sites for hydroxylation is 1. The van der Waals surface area contributed by atoms with Crippen molar-refractivity contribution in [3.63, 3.8) is 0 Å². The number of carboxylic acid groups (broad SMARTS) is 1. The van der Waals surface area contributed by atoms with Gasteiger partial charge in [0.15, 0.2) is 0 Å². The van der Waals surface area contributed by atoms with Gasteiger partial charge >= 0.3 is 5.97 Å². The van der Waals surface area contributed by atoms with E-state index in [9.17, 15) is 4.79 Å².